The Labute approximate surface area is 72.7 Å². The van der Waals surface area contributed by atoms with Gasteiger partial charge in [0.1, 0.15) is 0 Å². The van der Waals surface area contributed by atoms with Crippen molar-refractivity contribution in [2.24, 2.45) is 5.73 Å². The van der Waals surface area contributed by atoms with Crippen LogP contribution in [0.2, 0.25) is 0 Å². The molecular weight excluding hydrogens is 185 g/mol. The summed E-state index contributed by atoms with van der Waals surface area (Å²) in [5.41, 5.74) is 5.01. The van der Waals surface area contributed by atoms with Crippen LogP contribution in [0, 0.1) is 6.92 Å². The van der Waals surface area contributed by atoms with Crippen molar-refractivity contribution in [3.63, 3.8) is 0 Å². The van der Waals surface area contributed by atoms with Gasteiger partial charge in [-0.15, -0.1) is 0 Å². The average molecular weight is 194 g/mol. The fraction of sp³-hybridized carbons (Fsp3) is 0.571. The molecule has 1 aromatic rings. The maximum absolute atomic E-state index is 12.1. The molecule has 0 fully saturated rings. The van der Waals surface area contributed by atoms with E-state index in [4.69, 9.17) is 5.73 Å². The summed E-state index contributed by atoms with van der Waals surface area (Å²) in [6.45, 7) is 1.48. The molecule has 3 nitrogen and oxygen atoms in total. The molecule has 13 heavy (non-hydrogen) atoms. The summed E-state index contributed by atoms with van der Waals surface area (Å²) in [5, 5.41) is 0. The summed E-state index contributed by atoms with van der Waals surface area (Å²) >= 11 is 0. The highest BCUT2D eigenvalue weighted by molar-refractivity contribution is 5.11. The zero-order valence-corrected chi connectivity index (χ0v) is 6.98. The second kappa shape index (κ2) is 3.37. The molecule has 0 atom stereocenters. The van der Waals surface area contributed by atoms with Crippen LogP contribution in [0.4, 0.5) is 13.2 Å². The van der Waals surface area contributed by atoms with Crippen molar-refractivity contribution in [1.29, 1.82) is 0 Å². The van der Waals surface area contributed by atoms with Gasteiger partial charge < -0.3 is 10.2 Å². The van der Waals surface area contributed by atoms with Gasteiger partial charge in [-0.25, -0.2) is 4.98 Å². The third-order valence-corrected chi connectivity index (χ3v) is 1.46. The summed E-state index contributed by atoms with van der Waals surface area (Å²) in [6, 6.07) is 0. The lowest BCUT2D eigenvalue weighted by atomic mass is 10.4. The SMILES string of the molecule is Cc1nc(CCN)oc1C(F)(F)F. The molecule has 0 aliphatic carbocycles. The predicted molar refractivity (Wildman–Crippen MR) is 39.0 cm³/mol. The number of oxazole rings is 1. The molecule has 0 aromatic carbocycles. The smallest absolute Gasteiger partial charge is 0.436 e. The van der Waals surface area contributed by atoms with Gasteiger partial charge in [0.05, 0.1) is 5.69 Å². The minimum atomic E-state index is -4.47. The molecule has 74 valence electrons. The van der Waals surface area contributed by atoms with Crippen molar-refractivity contribution in [2.75, 3.05) is 6.54 Å². The summed E-state index contributed by atoms with van der Waals surface area (Å²) in [7, 11) is 0. The number of hydrogen-bond donors (Lipinski definition) is 1. The molecule has 0 radical (unpaired) electrons. The van der Waals surface area contributed by atoms with Gasteiger partial charge in [-0.1, -0.05) is 0 Å². The highest BCUT2D eigenvalue weighted by atomic mass is 19.4. The van der Waals surface area contributed by atoms with Gasteiger partial charge in [0.25, 0.3) is 0 Å². The minimum Gasteiger partial charge on any atom is -0.436 e. The second-order valence-corrected chi connectivity index (χ2v) is 2.56. The van der Waals surface area contributed by atoms with Gasteiger partial charge in [-0.2, -0.15) is 13.2 Å². The number of nitrogens with zero attached hydrogens (tertiary/aromatic N) is 1. The Morgan fingerprint density at radius 3 is 2.46 bits per heavy atom. The van der Waals surface area contributed by atoms with Gasteiger partial charge in [-0.05, 0) is 6.92 Å². The van der Waals surface area contributed by atoms with E-state index < -0.39 is 11.9 Å². The fourth-order valence-corrected chi connectivity index (χ4v) is 0.946. The summed E-state index contributed by atoms with van der Waals surface area (Å²) in [6.07, 6.45) is -4.25. The highest BCUT2D eigenvalue weighted by Crippen LogP contribution is 2.32. The lowest BCUT2D eigenvalue weighted by Crippen LogP contribution is -2.05. The van der Waals surface area contributed by atoms with Crippen LogP contribution in [0.5, 0.6) is 0 Å². The quantitative estimate of drug-likeness (QED) is 0.776. The Bertz CT molecular complexity index is 292. The average Bonchev–Trinajstić information content (AvgIpc) is 2.30. The Hall–Kier alpha value is -1.04. The molecular formula is C7H9F3N2O. The maximum Gasteiger partial charge on any atom is 0.451 e. The second-order valence-electron chi connectivity index (χ2n) is 2.56. The normalized spacial score (nSPS) is 12.1. The lowest BCUT2D eigenvalue weighted by molar-refractivity contribution is -0.153. The van der Waals surface area contributed by atoms with Crippen LogP contribution in [0.15, 0.2) is 4.42 Å². The number of halogens is 3. The van der Waals surface area contributed by atoms with Crippen molar-refractivity contribution >= 4 is 0 Å². The molecule has 1 rings (SSSR count). The molecule has 0 aliphatic heterocycles. The van der Waals surface area contributed by atoms with E-state index in [9.17, 15) is 13.2 Å². The first-order valence-electron chi connectivity index (χ1n) is 3.68. The Morgan fingerprint density at radius 2 is 2.08 bits per heavy atom. The van der Waals surface area contributed by atoms with E-state index in [1.54, 1.807) is 0 Å². The monoisotopic (exact) mass is 194 g/mol. The van der Waals surface area contributed by atoms with Crippen LogP contribution in [0.3, 0.4) is 0 Å². The Balaban J connectivity index is 2.96. The molecule has 1 heterocycles. The van der Waals surface area contributed by atoms with E-state index in [2.05, 4.69) is 9.40 Å². The standard InChI is InChI=1S/C7H9F3N2O/c1-4-6(7(8,9)10)13-5(12-4)2-3-11/h2-3,11H2,1H3. The van der Waals surface area contributed by atoms with Gasteiger partial charge in [0.2, 0.25) is 5.76 Å². The highest BCUT2D eigenvalue weighted by Gasteiger charge is 2.37. The minimum absolute atomic E-state index is 0.0346. The van der Waals surface area contributed by atoms with Crippen LogP contribution in [-0.2, 0) is 12.6 Å². The molecule has 0 aliphatic rings. The van der Waals surface area contributed by atoms with E-state index in [0.717, 1.165) is 0 Å². The van der Waals surface area contributed by atoms with E-state index >= 15 is 0 Å². The van der Waals surface area contributed by atoms with Crippen LogP contribution >= 0.6 is 0 Å². The summed E-state index contributed by atoms with van der Waals surface area (Å²) in [4.78, 5) is 3.60. The summed E-state index contributed by atoms with van der Waals surface area (Å²) < 4.78 is 40.9. The summed E-state index contributed by atoms with van der Waals surface area (Å²) in [5.74, 6) is -0.997. The van der Waals surface area contributed by atoms with E-state index in [1.165, 1.54) is 6.92 Å². The molecule has 0 amide bonds. The molecule has 1 aromatic heterocycles. The van der Waals surface area contributed by atoms with Gasteiger partial charge in [0.15, 0.2) is 5.89 Å². The first kappa shape index (κ1) is 10.0. The Morgan fingerprint density at radius 1 is 1.46 bits per heavy atom. The molecule has 0 saturated carbocycles. The number of aryl methyl sites for hydroxylation is 1. The number of hydrogen-bond acceptors (Lipinski definition) is 3. The van der Waals surface area contributed by atoms with Gasteiger partial charge >= 0.3 is 6.18 Å². The zero-order valence-electron chi connectivity index (χ0n) is 6.98. The first-order valence-corrected chi connectivity index (χ1v) is 3.68. The molecule has 0 spiro atoms. The van der Waals surface area contributed by atoms with E-state index in [-0.39, 0.29) is 24.6 Å². The maximum atomic E-state index is 12.1. The first-order chi connectivity index (χ1) is 5.95. The third-order valence-electron chi connectivity index (χ3n) is 1.46. The van der Waals surface area contributed by atoms with Gasteiger partial charge in [0, 0.05) is 13.0 Å². The van der Waals surface area contributed by atoms with Crippen molar-refractivity contribution in [1.82, 2.24) is 4.98 Å². The lowest BCUT2D eigenvalue weighted by Gasteiger charge is -2.00. The number of nitrogens with two attached hydrogens (primary N) is 1. The Kier molecular flexibility index (Phi) is 2.60. The van der Waals surface area contributed by atoms with E-state index in [1.807, 2.05) is 0 Å². The number of aromatic nitrogens is 1. The van der Waals surface area contributed by atoms with E-state index in [0.29, 0.717) is 0 Å². The van der Waals surface area contributed by atoms with Gasteiger partial charge in [-0.3, -0.25) is 0 Å². The van der Waals surface area contributed by atoms with Crippen LogP contribution in [-0.4, -0.2) is 11.5 Å². The molecule has 2 N–H and O–H groups in total. The van der Waals surface area contributed by atoms with Crippen molar-refractivity contribution in [2.45, 2.75) is 19.5 Å². The molecule has 6 heteroatoms. The topological polar surface area (TPSA) is 52.0 Å². The van der Waals surface area contributed by atoms with Crippen LogP contribution in [0.25, 0.3) is 0 Å². The van der Waals surface area contributed by atoms with Crippen molar-refractivity contribution in [3.05, 3.63) is 17.3 Å². The largest absolute Gasteiger partial charge is 0.451 e. The van der Waals surface area contributed by atoms with Crippen molar-refractivity contribution in [3.8, 4) is 0 Å². The predicted octanol–water partition coefficient (Wildman–Crippen LogP) is 1.50. The van der Waals surface area contributed by atoms with Crippen LogP contribution in [0.1, 0.15) is 17.3 Å². The molecule has 0 bridgehead atoms. The van der Waals surface area contributed by atoms with Crippen molar-refractivity contribution < 1.29 is 17.6 Å². The molecule has 0 unspecified atom stereocenters. The third kappa shape index (κ3) is 2.21. The van der Waals surface area contributed by atoms with Crippen LogP contribution < -0.4 is 5.73 Å². The number of alkyl halides is 3. The fourth-order valence-electron chi connectivity index (χ4n) is 0.946. The number of rotatable bonds is 2. The molecule has 0 saturated heterocycles. The zero-order chi connectivity index (χ0) is 10.1.